The van der Waals surface area contributed by atoms with E-state index in [-0.39, 0.29) is 11.7 Å². The van der Waals surface area contributed by atoms with Crippen LogP contribution in [0.25, 0.3) is 11.5 Å². The Morgan fingerprint density at radius 2 is 2.19 bits per heavy atom. The smallest absolute Gasteiger partial charge is 0.407 e. The fraction of sp³-hybridized carbons (Fsp3) is 0.333. The maximum absolute atomic E-state index is 13.7. The summed E-state index contributed by atoms with van der Waals surface area (Å²) in [5, 5.41) is 2.60. The van der Waals surface area contributed by atoms with Gasteiger partial charge in [0.25, 0.3) is 0 Å². The van der Waals surface area contributed by atoms with Crippen LogP contribution in [-0.4, -0.2) is 24.2 Å². The lowest BCUT2D eigenvalue weighted by atomic mass is 10.2. The number of rotatable bonds is 5. The van der Waals surface area contributed by atoms with Gasteiger partial charge >= 0.3 is 6.09 Å². The quantitative estimate of drug-likeness (QED) is 0.919. The van der Waals surface area contributed by atoms with Crippen LogP contribution in [-0.2, 0) is 11.2 Å². The van der Waals surface area contributed by atoms with Gasteiger partial charge < -0.3 is 14.5 Å². The average Bonchev–Trinajstić information content (AvgIpc) is 2.81. The molecule has 1 N–H and O–H groups in total. The van der Waals surface area contributed by atoms with E-state index in [1.54, 1.807) is 32.0 Å². The minimum absolute atomic E-state index is 0.247. The summed E-state index contributed by atoms with van der Waals surface area (Å²) in [6, 6.07) is 6.30. The Labute approximate surface area is 122 Å². The summed E-state index contributed by atoms with van der Waals surface area (Å²) in [7, 11) is 0. The van der Waals surface area contributed by atoms with Crippen molar-refractivity contribution in [2.45, 2.75) is 20.3 Å². The van der Waals surface area contributed by atoms with Crippen molar-refractivity contribution < 1.29 is 18.3 Å². The first kappa shape index (κ1) is 15.0. The number of benzene rings is 1. The van der Waals surface area contributed by atoms with E-state index in [9.17, 15) is 9.18 Å². The van der Waals surface area contributed by atoms with Crippen molar-refractivity contribution in [2.75, 3.05) is 13.2 Å². The summed E-state index contributed by atoms with van der Waals surface area (Å²) in [4.78, 5) is 15.4. The molecule has 0 unspecified atom stereocenters. The molecule has 0 spiro atoms. The SMILES string of the molecule is CCOC(=O)NCCc1nc(-c2ccccc2F)oc1C. The summed E-state index contributed by atoms with van der Waals surface area (Å²) < 4.78 is 23.9. The van der Waals surface area contributed by atoms with Gasteiger partial charge in [-0.2, -0.15) is 0 Å². The van der Waals surface area contributed by atoms with Crippen molar-refractivity contribution in [2.24, 2.45) is 0 Å². The molecule has 21 heavy (non-hydrogen) atoms. The first-order valence-corrected chi connectivity index (χ1v) is 6.73. The van der Waals surface area contributed by atoms with Gasteiger partial charge in [0, 0.05) is 13.0 Å². The molecule has 1 aromatic heterocycles. The summed E-state index contributed by atoms with van der Waals surface area (Å²) >= 11 is 0. The van der Waals surface area contributed by atoms with Crippen LogP contribution in [0.15, 0.2) is 28.7 Å². The first-order valence-electron chi connectivity index (χ1n) is 6.73. The second-order valence-electron chi connectivity index (χ2n) is 4.40. The van der Waals surface area contributed by atoms with Crippen LogP contribution < -0.4 is 5.32 Å². The molecule has 0 radical (unpaired) electrons. The largest absolute Gasteiger partial charge is 0.450 e. The van der Waals surface area contributed by atoms with Crippen molar-refractivity contribution in [3.63, 3.8) is 0 Å². The fourth-order valence-electron chi connectivity index (χ4n) is 1.87. The number of nitrogens with zero attached hydrogens (tertiary/aromatic N) is 1. The zero-order chi connectivity index (χ0) is 15.2. The lowest BCUT2D eigenvalue weighted by molar-refractivity contribution is 0.152. The standard InChI is InChI=1S/C15H17FN2O3/c1-3-20-15(19)17-9-8-13-10(2)21-14(18-13)11-6-4-5-7-12(11)16/h4-7H,3,8-9H2,1-2H3,(H,17,19). The molecule has 1 heterocycles. The number of alkyl carbamates (subject to hydrolysis) is 1. The zero-order valence-corrected chi connectivity index (χ0v) is 12.0. The number of hydrogen-bond acceptors (Lipinski definition) is 4. The Kier molecular flexibility index (Phi) is 4.92. The predicted molar refractivity (Wildman–Crippen MR) is 75.4 cm³/mol. The molecule has 1 aromatic carbocycles. The van der Waals surface area contributed by atoms with Crippen LogP contribution in [0.2, 0.25) is 0 Å². The Hall–Kier alpha value is -2.37. The van der Waals surface area contributed by atoms with Crippen LogP contribution in [0.3, 0.4) is 0 Å². The molecule has 2 aromatic rings. The third kappa shape index (κ3) is 3.81. The normalized spacial score (nSPS) is 10.4. The van der Waals surface area contributed by atoms with Crippen molar-refractivity contribution >= 4 is 6.09 Å². The second kappa shape index (κ2) is 6.88. The van der Waals surface area contributed by atoms with Crippen molar-refractivity contribution in [3.8, 4) is 11.5 Å². The van der Waals surface area contributed by atoms with E-state index in [1.807, 2.05) is 0 Å². The minimum atomic E-state index is -0.465. The molecule has 5 nitrogen and oxygen atoms in total. The molecule has 0 aliphatic heterocycles. The number of carbonyl (C=O) groups excluding carboxylic acids is 1. The summed E-state index contributed by atoms with van der Waals surface area (Å²) in [5.74, 6) is 0.477. The number of oxazole rings is 1. The molecule has 0 fully saturated rings. The molecule has 2 rings (SSSR count). The number of aromatic nitrogens is 1. The first-order chi connectivity index (χ1) is 10.1. The Bertz CT molecular complexity index is 625. The highest BCUT2D eigenvalue weighted by Gasteiger charge is 2.14. The van der Waals surface area contributed by atoms with Gasteiger partial charge in [0.1, 0.15) is 11.6 Å². The van der Waals surface area contributed by atoms with Crippen molar-refractivity contribution in [3.05, 3.63) is 41.5 Å². The van der Waals surface area contributed by atoms with E-state index in [4.69, 9.17) is 9.15 Å². The maximum Gasteiger partial charge on any atom is 0.407 e. The van der Waals surface area contributed by atoms with Gasteiger partial charge in [-0.25, -0.2) is 14.2 Å². The van der Waals surface area contributed by atoms with Crippen LogP contribution >= 0.6 is 0 Å². The number of halogens is 1. The molecular weight excluding hydrogens is 275 g/mol. The Balaban J connectivity index is 2.03. The summed E-state index contributed by atoms with van der Waals surface area (Å²) in [5.41, 5.74) is 1.01. The molecule has 0 bridgehead atoms. The highest BCUT2D eigenvalue weighted by Crippen LogP contribution is 2.24. The number of carbonyl (C=O) groups is 1. The van der Waals surface area contributed by atoms with Crippen molar-refractivity contribution in [1.29, 1.82) is 0 Å². The van der Waals surface area contributed by atoms with Crippen LogP contribution in [0.4, 0.5) is 9.18 Å². The van der Waals surface area contributed by atoms with Gasteiger partial charge in [-0.15, -0.1) is 0 Å². The molecule has 112 valence electrons. The molecule has 0 atom stereocenters. The molecular formula is C15H17FN2O3. The molecule has 6 heteroatoms. The van der Waals surface area contributed by atoms with Gasteiger partial charge in [0.2, 0.25) is 5.89 Å². The molecule has 0 saturated carbocycles. The topological polar surface area (TPSA) is 64.4 Å². The van der Waals surface area contributed by atoms with Gasteiger partial charge in [0.15, 0.2) is 0 Å². The van der Waals surface area contributed by atoms with Gasteiger partial charge in [-0.3, -0.25) is 0 Å². The van der Waals surface area contributed by atoms with Crippen LogP contribution in [0, 0.1) is 12.7 Å². The number of nitrogens with one attached hydrogen (secondary N) is 1. The van der Waals surface area contributed by atoms with E-state index >= 15 is 0 Å². The Morgan fingerprint density at radius 1 is 1.43 bits per heavy atom. The number of aryl methyl sites for hydroxylation is 1. The van der Waals surface area contributed by atoms with E-state index in [1.165, 1.54) is 6.07 Å². The molecule has 0 aliphatic carbocycles. The van der Waals surface area contributed by atoms with Crippen LogP contribution in [0.1, 0.15) is 18.4 Å². The van der Waals surface area contributed by atoms with Gasteiger partial charge in [-0.1, -0.05) is 12.1 Å². The van der Waals surface area contributed by atoms with E-state index < -0.39 is 6.09 Å². The number of hydrogen-bond donors (Lipinski definition) is 1. The highest BCUT2D eigenvalue weighted by atomic mass is 19.1. The lowest BCUT2D eigenvalue weighted by Gasteiger charge is -2.03. The average molecular weight is 292 g/mol. The molecule has 1 amide bonds. The predicted octanol–water partition coefficient (Wildman–Crippen LogP) is 3.08. The third-order valence-electron chi connectivity index (χ3n) is 2.90. The highest BCUT2D eigenvalue weighted by molar-refractivity contribution is 5.67. The molecule has 0 saturated heterocycles. The number of amides is 1. The monoisotopic (exact) mass is 292 g/mol. The van der Waals surface area contributed by atoms with Crippen LogP contribution in [0.5, 0.6) is 0 Å². The zero-order valence-electron chi connectivity index (χ0n) is 12.0. The third-order valence-corrected chi connectivity index (χ3v) is 2.90. The lowest BCUT2D eigenvalue weighted by Crippen LogP contribution is -2.26. The Morgan fingerprint density at radius 3 is 2.90 bits per heavy atom. The molecule has 0 aliphatic rings. The number of ether oxygens (including phenoxy) is 1. The summed E-state index contributed by atoms with van der Waals surface area (Å²) in [6.07, 6.45) is 0.0239. The van der Waals surface area contributed by atoms with Gasteiger partial charge in [-0.05, 0) is 26.0 Å². The van der Waals surface area contributed by atoms with E-state index in [0.29, 0.717) is 36.6 Å². The van der Waals surface area contributed by atoms with Gasteiger partial charge in [0.05, 0.1) is 17.9 Å². The minimum Gasteiger partial charge on any atom is -0.450 e. The maximum atomic E-state index is 13.7. The summed E-state index contributed by atoms with van der Waals surface area (Å²) in [6.45, 7) is 4.20. The van der Waals surface area contributed by atoms with E-state index in [2.05, 4.69) is 10.3 Å². The van der Waals surface area contributed by atoms with Crippen molar-refractivity contribution in [1.82, 2.24) is 10.3 Å². The second-order valence-corrected chi connectivity index (χ2v) is 4.40. The van der Waals surface area contributed by atoms with E-state index in [0.717, 1.165) is 0 Å². The fourth-order valence-corrected chi connectivity index (χ4v) is 1.87.